The Balaban J connectivity index is 1.89. The highest BCUT2D eigenvalue weighted by Crippen LogP contribution is 2.21. The summed E-state index contributed by atoms with van der Waals surface area (Å²) in [5.74, 6) is -0.0589. The number of aryl methyl sites for hydroxylation is 1. The van der Waals surface area contributed by atoms with E-state index >= 15 is 0 Å². The summed E-state index contributed by atoms with van der Waals surface area (Å²) in [4.78, 5) is 13.9. The molecule has 0 radical (unpaired) electrons. The molecule has 0 fully saturated rings. The first-order valence-electron chi connectivity index (χ1n) is 6.93. The van der Waals surface area contributed by atoms with Crippen LogP contribution >= 0.6 is 23.2 Å². The summed E-state index contributed by atoms with van der Waals surface area (Å²) in [7, 11) is 1.87. The standard InChI is InChI=1S/C17H18Cl2N2O/c1-12-3-7-15(8-4-12)20-17(22)11-21(2)10-13-5-6-14(18)9-16(13)19/h3-9H,10-11H2,1-2H3,(H,20,22). The number of benzene rings is 2. The number of hydrogen-bond donors (Lipinski definition) is 1. The maximum atomic E-state index is 12.0. The van der Waals surface area contributed by atoms with Crippen molar-refractivity contribution in [3.8, 4) is 0 Å². The average molecular weight is 337 g/mol. The van der Waals surface area contributed by atoms with Crippen LogP contribution in [0.1, 0.15) is 11.1 Å². The van der Waals surface area contributed by atoms with Gasteiger partial charge < -0.3 is 5.32 Å². The molecule has 0 bridgehead atoms. The lowest BCUT2D eigenvalue weighted by atomic mass is 10.2. The van der Waals surface area contributed by atoms with E-state index in [1.54, 1.807) is 12.1 Å². The van der Waals surface area contributed by atoms with Crippen LogP contribution in [-0.4, -0.2) is 24.4 Å². The van der Waals surface area contributed by atoms with Gasteiger partial charge in [0.05, 0.1) is 6.54 Å². The monoisotopic (exact) mass is 336 g/mol. The maximum absolute atomic E-state index is 12.0. The van der Waals surface area contributed by atoms with Gasteiger partial charge in [0.15, 0.2) is 0 Å². The highest BCUT2D eigenvalue weighted by Gasteiger charge is 2.09. The summed E-state index contributed by atoms with van der Waals surface area (Å²) < 4.78 is 0. The predicted octanol–water partition coefficient (Wildman–Crippen LogP) is 4.37. The Bertz CT molecular complexity index is 656. The third kappa shape index (κ3) is 5.02. The van der Waals surface area contributed by atoms with Gasteiger partial charge in [-0.25, -0.2) is 0 Å². The summed E-state index contributed by atoms with van der Waals surface area (Å²) in [6.45, 7) is 2.87. The van der Waals surface area contributed by atoms with Crippen LogP contribution in [0.4, 0.5) is 5.69 Å². The summed E-state index contributed by atoms with van der Waals surface area (Å²) >= 11 is 12.0. The zero-order chi connectivity index (χ0) is 16.1. The lowest BCUT2D eigenvalue weighted by Crippen LogP contribution is -2.29. The molecule has 0 aliphatic heterocycles. The molecule has 0 heterocycles. The number of hydrogen-bond acceptors (Lipinski definition) is 2. The van der Waals surface area contributed by atoms with Crippen molar-refractivity contribution >= 4 is 34.8 Å². The topological polar surface area (TPSA) is 32.3 Å². The van der Waals surface area contributed by atoms with E-state index in [9.17, 15) is 4.79 Å². The van der Waals surface area contributed by atoms with E-state index in [0.29, 0.717) is 16.6 Å². The Morgan fingerprint density at radius 3 is 2.45 bits per heavy atom. The molecule has 0 spiro atoms. The fourth-order valence-corrected chi connectivity index (χ4v) is 2.55. The molecule has 5 heteroatoms. The molecule has 1 N–H and O–H groups in total. The summed E-state index contributed by atoms with van der Waals surface area (Å²) in [6, 6.07) is 13.1. The van der Waals surface area contributed by atoms with E-state index in [4.69, 9.17) is 23.2 Å². The van der Waals surface area contributed by atoms with Crippen molar-refractivity contribution in [2.24, 2.45) is 0 Å². The number of nitrogens with zero attached hydrogens (tertiary/aromatic N) is 1. The molecule has 22 heavy (non-hydrogen) atoms. The van der Waals surface area contributed by atoms with E-state index in [-0.39, 0.29) is 12.5 Å². The van der Waals surface area contributed by atoms with Crippen LogP contribution < -0.4 is 5.32 Å². The van der Waals surface area contributed by atoms with E-state index in [1.165, 1.54) is 0 Å². The van der Waals surface area contributed by atoms with Crippen LogP contribution in [0.2, 0.25) is 10.0 Å². The van der Waals surface area contributed by atoms with Crippen LogP contribution in [0, 0.1) is 6.92 Å². The normalized spacial score (nSPS) is 10.8. The molecule has 0 aliphatic rings. The van der Waals surface area contributed by atoms with Gasteiger partial charge in [-0.1, -0.05) is 47.0 Å². The van der Waals surface area contributed by atoms with Crippen molar-refractivity contribution in [1.82, 2.24) is 4.90 Å². The number of nitrogens with one attached hydrogen (secondary N) is 1. The van der Waals surface area contributed by atoms with Gasteiger partial charge in [0, 0.05) is 22.3 Å². The zero-order valence-electron chi connectivity index (χ0n) is 12.6. The fraction of sp³-hybridized carbons (Fsp3) is 0.235. The summed E-state index contributed by atoms with van der Waals surface area (Å²) in [5.41, 5.74) is 2.90. The molecule has 0 saturated carbocycles. The highest BCUT2D eigenvalue weighted by atomic mass is 35.5. The van der Waals surface area contributed by atoms with Gasteiger partial charge in [-0.2, -0.15) is 0 Å². The van der Waals surface area contributed by atoms with Crippen molar-refractivity contribution in [1.29, 1.82) is 0 Å². The number of likely N-dealkylation sites (N-methyl/N-ethyl adjacent to an activating group) is 1. The summed E-state index contributed by atoms with van der Waals surface area (Å²) in [6.07, 6.45) is 0. The molecule has 0 unspecified atom stereocenters. The van der Waals surface area contributed by atoms with Gasteiger partial charge in [0.2, 0.25) is 5.91 Å². The lowest BCUT2D eigenvalue weighted by molar-refractivity contribution is -0.117. The van der Waals surface area contributed by atoms with Gasteiger partial charge >= 0.3 is 0 Å². The Morgan fingerprint density at radius 1 is 1.14 bits per heavy atom. The molecule has 0 saturated heterocycles. The van der Waals surface area contributed by atoms with E-state index < -0.39 is 0 Å². The van der Waals surface area contributed by atoms with Gasteiger partial charge in [-0.05, 0) is 43.8 Å². The minimum absolute atomic E-state index is 0.0589. The average Bonchev–Trinajstić information content (AvgIpc) is 2.44. The van der Waals surface area contributed by atoms with Crippen molar-refractivity contribution in [2.75, 3.05) is 18.9 Å². The number of rotatable bonds is 5. The molecular formula is C17H18Cl2N2O. The van der Waals surface area contributed by atoms with Crippen molar-refractivity contribution in [3.63, 3.8) is 0 Å². The second-order valence-corrected chi connectivity index (χ2v) is 6.17. The van der Waals surface area contributed by atoms with Crippen LogP contribution in [0.3, 0.4) is 0 Å². The number of halogens is 2. The third-order valence-corrected chi connectivity index (χ3v) is 3.79. The third-order valence-electron chi connectivity index (χ3n) is 3.20. The van der Waals surface area contributed by atoms with Crippen LogP contribution in [0.15, 0.2) is 42.5 Å². The predicted molar refractivity (Wildman–Crippen MR) is 92.6 cm³/mol. The molecular weight excluding hydrogens is 319 g/mol. The van der Waals surface area contributed by atoms with E-state index in [2.05, 4.69) is 5.32 Å². The number of carbonyl (C=O) groups is 1. The Labute approximate surface area is 140 Å². The Kier molecular flexibility index (Phi) is 5.83. The van der Waals surface area contributed by atoms with Crippen LogP contribution in [0.5, 0.6) is 0 Å². The summed E-state index contributed by atoms with van der Waals surface area (Å²) in [5, 5.41) is 4.09. The SMILES string of the molecule is Cc1ccc(NC(=O)CN(C)Cc2ccc(Cl)cc2Cl)cc1. The largest absolute Gasteiger partial charge is 0.325 e. The van der Waals surface area contributed by atoms with Crippen LogP contribution in [-0.2, 0) is 11.3 Å². The van der Waals surface area contributed by atoms with Crippen LogP contribution in [0.25, 0.3) is 0 Å². The smallest absolute Gasteiger partial charge is 0.238 e. The first-order valence-corrected chi connectivity index (χ1v) is 7.68. The molecule has 0 atom stereocenters. The first kappa shape index (κ1) is 16.8. The number of carbonyl (C=O) groups excluding carboxylic acids is 1. The Hall–Kier alpha value is -1.55. The fourth-order valence-electron chi connectivity index (χ4n) is 2.08. The quantitative estimate of drug-likeness (QED) is 0.879. The second-order valence-electron chi connectivity index (χ2n) is 5.32. The van der Waals surface area contributed by atoms with Crippen molar-refractivity contribution < 1.29 is 4.79 Å². The molecule has 0 aromatic heterocycles. The van der Waals surface area contributed by atoms with Crippen molar-refractivity contribution in [3.05, 3.63) is 63.6 Å². The number of amides is 1. The molecule has 116 valence electrons. The van der Waals surface area contributed by atoms with E-state index in [0.717, 1.165) is 16.8 Å². The van der Waals surface area contributed by atoms with E-state index in [1.807, 2.05) is 49.2 Å². The zero-order valence-corrected chi connectivity index (χ0v) is 14.1. The molecule has 0 aliphatic carbocycles. The minimum Gasteiger partial charge on any atom is -0.325 e. The van der Waals surface area contributed by atoms with Gasteiger partial charge in [-0.3, -0.25) is 9.69 Å². The lowest BCUT2D eigenvalue weighted by Gasteiger charge is -2.17. The maximum Gasteiger partial charge on any atom is 0.238 e. The molecule has 1 amide bonds. The highest BCUT2D eigenvalue weighted by molar-refractivity contribution is 6.35. The van der Waals surface area contributed by atoms with Gasteiger partial charge in [-0.15, -0.1) is 0 Å². The molecule has 2 aromatic rings. The second kappa shape index (κ2) is 7.63. The molecule has 3 nitrogen and oxygen atoms in total. The minimum atomic E-state index is -0.0589. The molecule has 2 aromatic carbocycles. The number of anilines is 1. The first-order chi connectivity index (χ1) is 10.4. The Morgan fingerprint density at radius 2 is 1.82 bits per heavy atom. The molecule has 2 rings (SSSR count). The van der Waals surface area contributed by atoms with Gasteiger partial charge in [0.25, 0.3) is 0 Å². The van der Waals surface area contributed by atoms with Crippen molar-refractivity contribution in [2.45, 2.75) is 13.5 Å². The van der Waals surface area contributed by atoms with Gasteiger partial charge in [0.1, 0.15) is 0 Å².